The van der Waals surface area contributed by atoms with E-state index >= 15 is 0 Å². The number of hydrogen-bond donors (Lipinski definition) is 1. The Labute approximate surface area is 88.1 Å². The summed E-state index contributed by atoms with van der Waals surface area (Å²) in [6.07, 6.45) is 2.11. The summed E-state index contributed by atoms with van der Waals surface area (Å²) in [7, 11) is 0. The number of nitrogens with zero attached hydrogens (tertiary/aromatic N) is 1. The van der Waals surface area contributed by atoms with E-state index in [0.29, 0.717) is 25.7 Å². The van der Waals surface area contributed by atoms with Gasteiger partial charge in [0.25, 0.3) is 0 Å². The summed E-state index contributed by atoms with van der Waals surface area (Å²) in [5, 5.41) is 8.71. The van der Waals surface area contributed by atoms with Crippen molar-refractivity contribution in [2.75, 3.05) is 6.54 Å². The Morgan fingerprint density at radius 1 is 1.33 bits per heavy atom. The Kier molecular flexibility index (Phi) is 3.82. The largest absolute Gasteiger partial charge is 0.481 e. The van der Waals surface area contributed by atoms with Gasteiger partial charge >= 0.3 is 5.97 Å². The van der Waals surface area contributed by atoms with Crippen molar-refractivity contribution in [2.24, 2.45) is 5.92 Å². The molecule has 1 N–H and O–H groups in total. The van der Waals surface area contributed by atoms with E-state index in [2.05, 4.69) is 0 Å². The lowest BCUT2D eigenvalue weighted by Crippen LogP contribution is -2.40. The third-order valence-electron chi connectivity index (χ3n) is 2.51. The maximum atomic E-state index is 11.5. The number of carbonyl (C=O) groups is 3. The minimum absolute atomic E-state index is 0.00694. The van der Waals surface area contributed by atoms with Crippen molar-refractivity contribution in [1.29, 1.82) is 0 Å². The molecule has 1 heterocycles. The first kappa shape index (κ1) is 11.7. The van der Waals surface area contributed by atoms with Crippen LogP contribution in [0.5, 0.6) is 0 Å². The van der Waals surface area contributed by atoms with Gasteiger partial charge in [0.05, 0.1) is 5.92 Å². The standard InChI is InChI=1S/C10H15NO4/c1-7(10(14)15)6-11-8(12)4-2-3-5-9(11)13/h7H,2-6H2,1H3,(H,14,15). The normalized spacial score (nSPS) is 19.9. The molecular weight excluding hydrogens is 198 g/mol. The van der Waals surface area contributed by atoms with Crippen molar-refractivity contribution >= 4 is 17.8 Å². The molecule has 1 atom stereocenters. The fraction of sp³-hybridized carbons (Fsp3) is 0.700. The van der Waals surface area contributed by atoms with Gasteiger partial charge in [-0.05, 0) is 12.8 Å². The second-order valence-electron chi connectivity index (χ2n) is 3.84. The summed E-state index contributed by atoms with van der Waals surface area (Å²) in [6.45, 7) is 1.49. The van der Waals surface area contributed by atoms with E-state index in [0.717, 1.165) is 4.90 Å². The molecule has 1 aliphatic rings. The lowest BCUT2D eigenvalue weighted by atomic mass is 10.1. The predicted molar refractivity (Wildman–Crippen MR) is 52.0 cm³/mol. The molecule has 1 saturated heterocycles. The molecule has 84 valence electrons. The number of hydrogen-bond acceptors (Lipinski definition) is 3. The molecule has 2 amide bonds. The molecular formula is C10H15NO4. The third kappa shape index (κ3) is 3.04. The van der Waals surface area contributed by atoms with Crippen LogP contribution in [0.3, 0.4) is 0 Å². The summed E-state index contributed by atoms with van der Waals surface area (Å²) < 4.78 is 0. The van der Waals surface area contributed by atoms with Crippen molar-refractivity contribution in [2.45, 2.75) is 32.6 Å². The molecule has 5 nitrogen and oxygen atoms in total. The third-order valence-corrected chi connectivity index (χ3v) is 2.51. The zero-order valence-electron chi connectivity index (χ0n) is 8.73. The topological polar surface area (TPSA) is 74.7 Å². The van der Waals surface area contributed by atoms with Crippen molar-refractivity contribution in [3.8, 4) is 0 Å². The van der Waals surface area contributed by atoms with Crippen molar-refractivity contribution in [3.63, 3.8) is 0 Å². The van der Waals surface area contributed by atoms with Crippen LogP contribution < -0.4 is 0 Å². The van der Waals surface area contributed by atoms with Crippen LogP contribution in [0, 0.1) is 5.92 Å². The van der Waals surface area contributed by atoms with Crippen LogP contribution in [0.1, 0.15) is 32.6 Å². The molecule has 1 unspecified atom stereocenters. The zero-order chi connectivity index (χ0) is 11.4. The van der Waals surface area contributed by atoms with Crippen LogP contribution in [0.15, 0.2) is 0 Å². The minimum atomic E-state index is -0.986. The average molecular weight is 213 g/mol. The Balaban J connectivity index is 2.67. The predicted octanol–water partition coefficient (Wildman–Crippen LogP) is 0.636. The van der Waals surface area contributed by atoms with Gasteiger partial charge in [-0.25, -0.2) is 0 Å². The van der Waals surface area contributed by atoms with Crippen LogP contribution in [-0.4, -0.2) is 34.3 Å². The number of aliphatic carboxylic acids is 1. The molecule has 0 aromatic carbocycles. The van der Waals surface area contributed by atoms with Crippen molar-refractivity contribution < 1.29 is 19.5 Å². The summed E-state index contributed by atoms with van der Waals surface area (Å²) in [5.74, 6) is -2.17. The first-order chi connectivity index (χ1) is 7.02. The van der Waals surface area contributed by atoms with E-state index in [1.54, 1.807) is 0 Å². The van der Waals surface area contributed by atoms with Gasteiger partial charge in [-0.3, -0.25) is 19.3 Å². The fourth-order valence-corrected chi connectivity index (χ4v) is 1.52. The van der Waals surface area contributed by atoms with Crippen LogP contribution in [0.25, 0.3) is 0 Å². The van der Waals surface area contributed by atoms with E-state index in [4.69, 9.17) is 5.11 Å². The smallest absolute Gasteiger partial charge is 0.308 e. The molecule has 0 radical (unpaired) electrons. The van der Waals surface area contributed by atoms with E-state index in [1.165, 1.54) is 6.92 Å². The highest BCUT2D eigenvalue weighted by Gasteiger charge is 2.27. The van der Waals surface area contributed by atoms with Gasteiger partial charge in [0.15, 0.2) is 0 Å². The van der Waals surface area contributed by atoms with Gasteiger partial charge in [-0.15, -0.1) is 0 Å². The monoisotopic (exact) mass is 213 g/mol. The number of carboxylic acid groups (broad SMARTS) is 1. The fourth-order valence-electron chi connectivity index (χ4n) is 1.52. The highest BCUT2D eigenvalue weighted by molar-refractivity contribution is 5.96. The Hall–Kier alpha value is -1.39. The summed E-state index contributed by atoms with van der Waals surface area (Å²) in [4.78, 5) is 34.7. The van der Waals surface area contributed by atoms with E-state index in [9.17, 15) is 14.4 Å². The number of rotatable bonds is 3. The molecule has 1 aliphatic heterocycles. The Bertz CT molecular complexity index is 269. The van der Waals surface area contributed by atoms with Gasteiger partial charge in [0.2, 0.25) is 11.8 Å². The Morgan fingerprint density at radius 3 is 2.20 bits per heavy atom. The first-order valence-corrected chi connectivity index (χ1v) is 5.08. The molecule has 0 saturated carbocycles. The molecule has 0 aromatic heterocycles. The second-order valence-corrected chi connectivity index (χ2v) is 3.84. The highest BCUT2D eigenvalue weighted by Crippen LogP contribution is 2.14. The molecule has 1 fully saturated rings. The van der Waals surface area contributed by atoms with Crippen LogP contribution >= 0.6 is 0 Å². The lowest BCUT2D eigenvalue weighted by Gasteiger charge is -2.20. The zero-order valence-corrected chi connectivity index (χ0v) is 8.73. The average Bonchev–Trinajstić information content (AvgIpc) is 2.32. The quantitative estimate of drug-likeness (QED) is 0.698. The summed E-state index contributed by atoms with van der Waals surface area (Å²) in [5.41, 5.74) is 0. The first-order valence-electron chi connectivity index (χ1n) is 5.08. The van der Waals surface area contributed by atoms with Gasteiger partial charge in [0, 0.05) is 19.4 Å². The van der Waals surface area contributed by atoms with Crippen molar-refractivity contribution in [3.05, 3.63) is 0 Å². The molecule has 5 heteroatoms. The summed E-state index contributed by atoms with van der Waals surface area (Å²) >= 11 is 0. The number of carbonyl (C=O) groups excluding carboxylic acids is 2. The number of likely N-dealkylation sites (tertiary alicyclic amines) is 1. The minimum Gasteiger partial charge on any atom is -0.481 e. The van der Waals surface area contributed by atoms with Gasteiger partial charge < -0.3 is 5.11 Å². The van der Waals surface area contributed by atoms with Gasteiger partial charge in [-0.2, -0.15) is 0 Å². The number of carboxylic acids is 1. The molecule has 15 heavy (non-hydrogen) atoms. The van der Waals surface area contributed by atoms with Crippen LogP contribution in [0.4, 0.5) is 0 Å². The molecule has 0 bridgehead atoms. The number of amides is 2. The molecule has 0 aliphatic carbocycles. The van der Waals surface area contributed by atoms with Gasteiger partial charge in [-0.1, -0.05) is 6.92 Å². The maximum Gasteiger partial charge on any atom is 0.308 e. The molecule has 1 rings (SSSR count). The van der Waals surface area contributed by atoms with Crippen LogP contribution in [-0.2, 0) is 14.4 Å². The highest BCUT2D eigenvalue weighted by atomic mass is 16.4. The number of imide groups is 1. The van der Waals surface area contributed by atoms with Crippen molar-refractivity contribution in [1.82, 2.24) is 4.90 Å². The van der Waals surface area contributed by atoms with Gasteiger partial charge in [0.1, 0.15) is 0 Å². The van der Waals surface area contributed by atoms with E-state index in [-0.39, 0.29) is 18.4 Å². The molecule has 0 spiro atoms. The van der Waals surface area contributed by atoms with E-state index < -0.39 is 11.9 Å². The summed E-state index contributed by atoms with van der Waals surface area (Å²) in [6, 6.07) is 0. The second kappa shape index (κ2) is 4.91. The van der Waals surface area contributed by atoms with Crippen LogP contribution in [0.2, 0.25) is 0 Å². The SMILES string of the molecule is CC(CN1C(=O)CCCCC1=O)C(=O)O. The maximum absolute atomic E-state index is 11.5. The lowest BCUT2D eigenvalue weighted by molar-refractivity contribution is -0.147. The van der Waals surface area contributed by atoms with E-state index in [1.807, 2.05) is 0 Å². The molecule has 0 aromatic rings. The Morgan fingerprint density at radius 2 is 1.80 bits per heavy atom.